The lowest BCUT2D eigenvalue weighted by Gasteiger charge is -2.17. The van der Waals surface area contributed by atoms with Crippen molar-refractivity contribution in [3.05, 3.63) is 52.7 Å². The van der Waals surface area contributed by atoms with Crippen molar-refractivity contribution in [2.45, 2.75) is 77.6 Å². The number of halogens is 1. The van der Waals surface area contributed by atoms with E-state index in [2.05, 4.69) is 29.5 Å². The highest BCUT2D eigenvalue weighted by Gasteiger charge is 2.37. The lowest BCUT2D eigenvalue weighted by molar-refractivity contribution is -0.305. The predicted octanol–water partition coefficient (Wildman–Crippen LogP) is 4.89. The van der Waals surface area contributed by atoms with Gasteiger partial charge in [-0.15, -0.1) is 0 Å². The Morgan fingerprint density at radius 1 is 1.17 bits per heavy atom. The minimum absolute atomic E-state index is 0.0732. The molecule has 0 saturated heterocycles. The lowest BCUT2D eigenvalue weighted by Crippen LogP contribution is -2.24. The molecular weight excluding hydrogens is 465 g/mol. The molecule has 0 bridgehead atoms. The number of aliphatic carboxylic acids is 1. The van der Waals surface area contributed by atoms with Crippen molar-refractivity contribution in [2.75, 3.05) is 5.32 Å². The molecule has 0 aliphatic heterocycles. The minimum Gasteiger partial charge on any atom is -0.550 e. The van der Waals surface area contributed by atoms with E-state index in [1.165, 1.54) is 12.1 Å². The average molecular weight is 497 g/mol. The molecule has 36 heavy (non-hydrogen) atoms. The molecular formula is C27H31FN3O5-. The highest BCUT2D eigenvalue weighted by Crippen LogP contribution is 2.48. The number of amides is 1. The van der Waals surface area contributed by atoms with Crippen LogP contribution in [-0.4, -0.2) is 22.2 Å². The number of aryl methyl sites for hydroxylation is 2. The fourth-order valence-electron chi connectivity index (χ4n) is 4.30. The van der Waals surface area contributed by atoms with Gasteiger partial charge in [-0.25, -0.2) is 4.39 Å². The average Bonchev–Trinajstić information content (AvgIpc) is 3.37. The van der Waals surface area contributed by atoms with Crippen LogP contribution in [0, 0.1) is 18.7 Å². The number of anilines is 1. The predicted molar refractivity (Wildman–Crippen MR) is 128 cm³/mol. The van der Waals surface area contributed by atoms with E-state index < -0.39 is 23.6 Å². The maximum atomic E-state index is 14.3. The van der Waals surface area contributed by atoms with Gasteiger partial charge in [-0.1, -0.05) is 30.2 Å². The maximum Gasteiger partial charge on any atom is 0.225 e. The normalized spacial score (nSPS) is 14.2. The second kappa shape index (κ2) is 11.1. The summed E-state index contributed by atoms with van der Waals surface area (Å²) in [5.41, 5.74) is 2.74. The Morgan fingerprint density at radius 2 is 1.94 bits per heavy atom. The molecule has 1 N–H and O–H groups in total. The van der Waals surface area contributed by atoms with E-state index in [0.29, 0.717) is 23.1 Å². The molecule has 8 nitrogen and oxygen atoms in total. The van der Waals surface area contributed by atoms with Crippen LogP contribution in [0.25, 0.3) is 11.5 Å². The summed E-state index contributed by atoms with van der Waals surface area (Å²) >= 11 is 0. The molecule has 1 aromatic carbocycles. The molecule has 4 rings (SSSR count). The number of hydrogen-bond donors (Lipinski definition) is 1. The Balaban J connectivity index is 1.58. The van der Waals surface area contributed by atoms with Gasteiger partial charge in [0.15, 0.2) is 11.5 Å². The Hall–Kier alpha value is -3.49. The molecule has 1 fully saturated rings. The summed E-state index contributed by atoms with van der Waals surface area (Å²) in [6.45, 7) is 6.04. The van der Waals surface area contributed by atoms with Crippen LogP contribution in [0.1, 0.15) is 86.8 Å². The summed E-state index contributed by atoms with van der Waals surface area (Å²) in [6, 6.07) is 6.39. The Kier molecular flexibility index (Phi) is 7.86. The number of carbonyl (C=O) groups excluding carboxylic acids is 2. The summed E-state index contributed by atoms with van der Waals surface area (Å²) < 4.78 is 25.5. The van der Waals surface area contributed by atoms with Gasteiger partial charge in [-0.2, -0.15) is 0 Å². The fourth-order valence-corrected chi connectivity index (χ4v) is 4.30. The van der Waals surface area contributed by atoms with Gasteiger partial charge in [-0.05, 0) is 68.6 Å². The zero-order valence-electron chi connectivity index (χ0n) is 20.8. The van der Waals surface area contributed by atoms with Gasteiger partial charge >= 0.3 is 0 Å². The SMILES string of the molecule is Cc1ccc(NC(=O)C[C@H](CCC(=O)[O-])c2noc(-c3cc(CCC(C)C)on3)c2C2CC2)c(F)c1. The van der Waals surface area contributed by atoms with Crippen molar-refractivity contribution in [3.8, 4) is 11.5 Å². The van der Waals surface area contributed by atoms with E-state index in [0.717, 1.165) is 42.6 Å². The fraction of sp³-hybridized carbons (Fsp3) is 0.481. The van der Waals surface area contributed by atoms with E-state index in [1.807, 2.05) is 6.07 Å². The summed E-state index contributed by atoms with van der Waals surface area (Å²) in [5, 5.41) is 22.3. The molecule has 0 spiro atoms. The molecule has 2 heterocycles. The molecule has 9 heteroatoms. The zero-order chi connectivity index (χ0) is 25.8. The Morgan fingerprint density at radius 3 is 2.61 bits per heavy atom. The van der Waals surface area contributed by atoms with Crippen molar-refractivity contribution in [3.63, 3.8) is 0 Å². The molecule has 1 saturated carbocycles. The van der Waals surface area contributed by atoms with Crippen LogP contribution in [0.4, 0.5) is 10.1 Å². The lowest BCUT2D eigenvalue weighted by atomic mass is 9.90. The maximum absolute atomic E-state index is 14.3. The second-order valence-corrected chi connectivity index (χ2v) is 10.0. The molecule has 0 radical (unpaired) electrons. The highest BCUT2D eigenvalue weighted by atomic mass is 19.1. The number of nitrogens with one attached hydrogen (secondary N) is 1. The van der Waals surface area contributed by atoms with Crippen LogP contribution >= 0.6 is 0 Å². The first-order chi connectivity index (χ1) is 17.2. The number of rotatable bonds is 12. The number of carboxylic acid groups (broad SMARTS) is 1. The van der Waals surface area contributed by atoms with E-state index in [9.17, 15) is 19.1 Å². The van der Waals surface area contributed by atoms with Gasteiger partial charge < -0.3 is 24.3 Å². The third-order valence-corrected chi connectivity index (χ3v) is 6.42. The van der Waals surface area contributed by atoms with Gasteiger partial charge in [-0.3, -0.25) is 4.79 Å². The number of carboxylic acids is 1. The third-order valence-electron chi connectivity index (χ3n) is 6.42. The van der Waals surface area contributed by atoms with Crippen LogP contribution in [0.2, 0.25) is 0 Å². The van der Waals surface area contributed by atoms with E-state index >= 15 is 0 Å². The number of nitrogens with zero attached hydrogens (tertiary/aromatic N) is 2. The van der Waals surface area contributed by atoms with Crippen LogP contribution in [0.15, 0.2) is 33.3 Å². The number of benzene rings is 1. The third kappa shape index (κ3) is 6.38. The number of carbonyl (C=O) groups is 2. The molecule has 1 amide bonds. The quantitative estimate of drug-likeness (QED) is 0.379. The summed E-state index contributed by atoms with van der Waals surface area (Å²) in [6.07, 6.45) is 3.41. The molecule has 3 aromatic rings. The molecule has 1 aliphatic carbocycles. The first-order valence-corrected chi connectivity index (χ1v) is 12.4. The standard InChI is InChI=1S/C27H32FN3O5/c1-15(2)4-9-19-14-22(30-35-19)27-25(17-6-7-17)26(31-36-27)18(8-11-24(33)34)13-23(32)29-21-10-5-16(3)12-20(21)28/h5,10,12,14-15,17-18H,4,6-9,11,13H2,1-3H3,(H,29,32)(H,33,34)/p-1/t18-/m0/s1. The highest BCUT2D eigenvalue weighted by molar-refractivity contribution is 5.91. The summed E-state index contributed by atoms with van der Waals surface area (Å²) in [4.78, 5) is 24.1. The molecule has 192 valence electrons. The molecule has 2 aromatic heterocycles. The van der Waals surface area contributed by atoms with Crippen molar-refractivity contribution in [1.29, 1.82) is 0 Å². The van der Waals surface area contributed by atoms with Crippen LogP contribution in [0.5, 0.6) is 0 Å². The van der Waals surface area contributed by atoms with E-state index in [1.54, 1.807) is 13.0 Å². The second-order valence-electron chi connectivity index (χ2n) is 10.0. The topological polar surface area (TPSA) is 121 Å². The van der Waals surface area contributed by atoms with E-state index in [4.69, 9.17) is 9.05 Å². The van der Waals surface area contributed by atoms with Crippen molar-refractivity contribution in [1.82, 2.24) is 10.3 Å². The first-order valence-electron chi connectivity index (χ1n) is 12.4. The first kappa shape index (κ1) is 25.6. The number of hydrogen-bond acceptors (Lipinski definition) is 7. The van der Waals surface area contributed by atoms with Crippen LogP contribution in [0.3, 0.4) is 0 Å². The van der Waals surface area contributed by atoms with E-state index in [-0.39, 0.29) is 30.9 Å². The van der Waals surface area contributed by atoms with Crippen molar-refractivity contribution in [2.24, 2.45) is 5.92 Å². The minimum atomic E-state index is -1.21. The van der Waals surface area contributed by atoms with Gasteiger partial charge in [0.05, 0.1) is 11.4 Å². The van der Waals surface area contributed by atoms with Gasteiger partial charge in [0.2, 0.25) is 5.91 Å². The molecule has 1 aliphatic rings. The van der Waals surface area contributed by atoms with Crippen molar-refractivity contribution >= 4 is 17.6 Å². The largest absolute Gasteiger partial charge is 0.550 e. The Bertz CT molecular complexity index is 1230. The van der Waals surface area contributed by atoms with Crippen LogP contribution < -0.4 is 10.4 Å². The monoisotopic (exact) mass is 496 g/mol. The smallest absolute Gasteiger partial charge is 0.225 e. The zero-order valence-corrected chi connectivity index (χ0v) is 20.8. The molecule has 1 atom stereocenters. The van der Waals surface area contributed by atoms with Gasteiger partial charge in [0.25, 0.3) is 0 Å². The summed E-state index contributed by atoms with van der Waals surface area (Å²) in [7, 11) is 0. The van der Waals surface area contributed by atoms with Crippen LogP contribution in [-0.2, 0) is 16.0 Å². The van der Waals surface area contributed by atoms with Gasteiger partial charge in [0.1, 0.15) is 11.6 Å². The molecule has 0 unspecified atom stereocenters. The van der Waals surface area contributed by atoms with Gasteiger partial charge in [0, 0.05) is 36.4 Å². The summed E-state index contributed by atoms with van der Waals surface area (Å²) in [5.74, 6) is -0.755. The Labute approximate surface area is 209 Å². The number of aromatic nitrogens is 2. The van der Waals surface area contributed by atoms with Crippen molar-refractivity contribution < 1.29 is 28.1 Å².